The van der Waals surface area contributed by atoms with Crippen LogP contribution in [0.4, 0.5) is 0 Å². The lowest BCUT2D eigenvalue weighted by atomic mass is 9.90. The summed E-state index contributed by atoms with van der Waals surface area (Å²) >= 11 is 0. The van der Waals surface area contributed by atoms with Crippen molar-refractivity contribution in [1.82, 2.24) is 0 Å². The van der Waals surface area contributed by atoms with E-state index in [1.165, 1.54) is 32.1 Å². The Bertz CT molecular complexity index is 431. The minimum absolute atomic E-state index is 0.276. The predicted octanol–water partition coefficient (Wildman–Crippen LogP) is 3.18. The van der Waals surface area contributed by atoms with E-state index in [2.05, 4.69) is 19.1 Å². The van der Waals surface area contributed by atoms with Gasteiger partial charge in [0.25, 0.3) is 0 Å². The van der Waals surface area contributed by atoms with Gasteiger partial charge in [0.15, 0.2) is 0 Å². The number of rotatable bonds is 18. The Balaban J connectivity index is 3.93. The molecule has 0 rings (SSSR count). The molecule has 2 unspecified atom stereocenters. The topological polar surface area (TPSA) is 80.6 Å². The zero-order valence-corrected chi connectivity index (χ0v) is 18.8. The lowest BCUT2D eigenvalue weighted by Crippen LogP contribution is -2.52. The van der Waals surface area contributed by atoms with Crippen LogP contribution in [0.3, 0.4) is 0 Å². The maximum absolute atomic E-state index is 11.0. The van der Waals surface area contributed by atoms with Crippen molar-refractivity contribution >= 4 is 5.97 Å². The number of aliphatic hydroxyl groups excluding tert-OH is 1. The molecule has 0 saturated heterocycles. The molecule has 0 aliphatic rings. The van der Waals surface area contributed by atoms with Crippen LogP contribution in [-0.4, -0.2) is 60.1 Å². The standard InChI is InChI=1S/C23H45NO4/c1-5-6-7-8-9-10-11-12-13-14-15-16-21(25)17-18-23(28,19-22(26)27)20-24(2,3)4/h10-11,21,25,28H,5-9,12-20H2,1-4H3/b11-10-. The van der Waals surface area contributed by atoms with Gasteiger partial charge in [-0.15, -0.1) is 0 Å². The zero-order valence-electron chi connectivity index (χ0n) is 18.8. The number of quaternary nitrogens is 1. The maximum Gasteiger partial charge on any atom is 0.119 e. The first-order valence-electron chi connectivity index (χ1n) is 11.1. The van der Waals surface area contributed by atoms with Crippen LogP contribution in [0.25, 0.3) is 0 Å². The maximum atomic E-state index is 11.0. The van der Waals surface area contributed by atoms with Gasteiger partial charge in [-0.05, 0) is 44.9 Å². The number of carboxylic acid groups (broad SMARTS) is 1. The van der Waals surface area contributed by atoms with Gasteiger partial charge >= 0.3 is 0 Å². The molecule has 0 fully saturated rings. The van der Waals surface area contributed by atoms with Gasteiger partial charge in [-0.2, -0.15) is 0 Å². The van der Waals surface area contributed by atoms with Gasteiger partial charge in [-0.25, -0.2) is 0 Å². The van der Waals surface area contributed by atoms with E-state index in [0.717, 1.165) is 25.7 Å². The Morgan fingerprint density at radius 1 is 1.00 bits per heavy atom. The van der Waals surface area contributed by atoms with E-state index < -0.39 is 17.7 Å². The molecule has 0 spiro atoms. The number of aliphatic hydroxyl groups is 2. The van der Waals surface area contributed by atoms with Crippen molar-refractivity contribution < 1.29 is 24.6 Å². The summed E-state index contributed by atoms with van der Waals surface area (Å²) in [5.74, 6) is -1.25. The monoisotopic (exact) mass is 399 g/mol. The number of carbonyl (C=O) groups is 1. The molecule has 0 saturated carbocycles. The number of allylic oxidation sites excluding steroid dienone is 2. The lowest BCUT2D eigenvalue weighted by molar-refractivity contribution is -0.877. The Labute approximate surface area is 173 Å². The van der Waals surface area contributed by atoms with E-state index in [9.17, 15) is 20.1 Å². The van der Waals surface area contributed by atoms with Gasteiger partial charge in [0, 0.05) is 12.4 Å². The molecule has 0 aromatic carbocycles. The third-order valence-corrected chi connectivity index (χ3v) is 4.98. The number of likely N-dealkylation sites (N-methyl/N-ethyl adjacent to an activating group) is 1. The Kier molecular flexibility index (Phi) is 14.5. The first-order valence-corrected chi connectivity index (χ1v) is 11.1. The minimum Gasteiger partial charge on any atom is -0.550 e. The zero-order chi connectivity index (χ0) is 21.5. The summed E-state index contributed by atoms with van der Waals surface area (Å²) in [4.78, 5) is 11.0. The molecule has 2 N–H and O–H groups in total. The molecule has 2 atom stereocenters. The summed E-state index contributed by atoms with van der Waals surface area (Å²) in [6.45, 7) is 2.55. The fourth-order valence-electron chi connectivity index (χ4n) is 3.70. The molecule has 0 aliphatic carbocycles. The van der Waals surface area contributed by atoms with Crippen molar-refractivity contribution in [2.45, 2.75) is 102 Å². The van der Waals surface area contributed by atoms with Crippen LogP contribution in [-0.2, 0) is 4.79 Å². The number of nitrogens with zero attached hydrogens (tertiary/aromatic N) is 1. The first-order chi connectivity index (χ1) is 13.1. The fourth-order valence-corrected chi connectivity index (χ4v) is 3.70. The highest BCUT2D eigenvalue weighted by atomic mass is 16.4. The Morgan fingerprint density at radius 3 is 2.07 bits per heavy atom. The first kappa shape index (κ1) is 27.1. The van der Waals surface area contributed by atoms with Crippen LogP contribution < -0.4 is 5.11 Å². The molecule has 0 aromatic heterocycles. The predicted molar refractivity (Wildman–Crippen MR) is 114 cm³/mol. The average Bonchev–Trinajstić information content (AvgIpc) is 2.55. The second-order valence-corrected chi connectivity index (χ2v) is 9.37. The number of unbranched alkanes of at least 4 members (excludes halogenated alkanes) is 7. The van der Waals surface area contributed by atoms with Crippen LogP contribution in [0.2, 0.25) is 0 Å². The van der Waals surface area contributed by atoms with E-state index in [0.29, 0.717) is 23.9 Å². The summed E-state index contributed by atoms with van der Waals surface area (Å²) in [5.41, 5.74) is -1.33. The molecular formula is C23H45NO4. The number of hydrogen-bond donors (Lipinski definition) is 2. The van der Waals surface area contributed by atoms with E-state index in [4.69, 9.17) is 0 Å². The van der Waals surface area contributed by atoms with Crippen molar-refractivity contribution in [2.24, 2.45) is 0 Å². The molecule has 0 heterocycles. The molecule has 5 heteroatoms. The third-order valence-electron chi connectivity index (χ3n) is 4.98. The van der Waals surface area contributed by atoms with Crippen molar-refractivity contribution in [3.63, 3.8) is 0 Å². The second-order valence-electron chi connectivity index (χ2n) is 9.37. The van der Waals surface area contributed by atoms with Crippen LogP contribution in [0.1, 0.15) is 90.4 Å². The van der Waals surface area contributed by atoms with Crippen molar-refractivity contribution in [2.75, 3.05) is 27.7 Å². The Hall–Kier alpha value is -0.910. The largest absolute Gasteiger partial charge is 0.550 e. The highest BCUT2D eigenvalue weighted by Crippen LogP contribution is 2.23. The highest BCUT2D eigenvalue weighted by Gasteiger charge is 2.34. The molecular weight excluding hydrogens is 354 g/mol. The summed E-state index contributed by atoms with van der Waals surface area (Å²) in [7, 11) is 5.74. The Morgan fingerprint density at radius 2 is 1.57 bits per heavy atom. The number of carboxylic acids is 1. The summed E-state index contributed by atoms with van der Waals surface area (Å²) < 4.78 is 0.464. The number of carbonyl (C=O) groups excluding carboxylic acids is 1. The molecule has 0 aliphatic heterocycles. The minimum atomic E-state index is -1.33. The van der Waals surface area contributed by atoms with Gasteiger partial charge in [-0.1, -0.05) is 51.2 Å². The third kappa shape index (κ3) is 17.2. The van der Waals surface area contributed by atoms with Crippen molar-refractivity contribution in [3.8, 4) is 0 Å². The van der Waals surface area contributed by atoms with Crippen LogP contribution >= 0.6 is 0 Å². The molecule has 166 valence electrons. The molecule has 0 radical (unpaired) electrons. The van der Waals surface area contributed by atoms with Crippen LogP contribution in [0.15, 0.2) is 12.2 Å². The van der Waals surface area contributed by atoms with Crippen LogP contribution in [0, 0.1) is 0 Å². The van der Waals surface area contributed by atoms with Gasteiger partial charge < -0.3 is 24.6 Å². The van der Waals surface area contributed by atoms with E-state index in [-0.39, 0.29) is 12.8 Å². The van der Waals surface area contributed by atoms with Gasteiger partial charge in [0.05, 0.1) is 27.2 Å². The molecule has 0 amide bonds. The fraction of sp³-hybridized carbons (Fsp3) is 0.870. The molecule has 5 nitrogen and oxygen atoms in total. The smallest absolute Gasteiger partial charge is 0.119 e. The van der Waals surface area contributed by atoms with Gasteiger partial charge in [-0.3, -0.25) is 0 Å². The average molecular weight is 400 g/mol. The van der Waals surface area contributed by atoms with Gasteiger partial charge in [0.1, 0.15) is 12.1 Å². The summed E-state index contributed by atoms with van der Waals surface area (Å²) in [6.07, 6.45) is 15.7. The van der Waals surface area contributed by atoms with Crippen molar-refractivity contribution in [3.05, 3.63) is 12.2 Å². The van der Waals surface area contributed by atoms with E-state index in [1.807, 2.05) is 21.1 Å². The van der Waals surface area contributed by atoms with Crippen LogP contribution in [0.5, 0.6) is 0 Å². The second kappa shape index (κ2) is 15.0. The summed E-state index contributed by atoms with van der Waals surface area (Å²) in [5, 5.41) is 31.9. The van der Waals surface area contributed by atoms with E-state index >= 15 is 0 Å². The highest BCUT2D eigenvalue weighted by molar-refractivity contribution is 5.65. The number of aliphatic carboxylic acids is 1. The molecule has 0 aromatic rings. The van der Waals surface area contributed by atoms with Crippen molar-refractivity contribution in [1.29, 1.82) is 0 Å². The number of hydrogen-bond acceptors (Lipinski definition) is 4. The quantitative estimate of drug-likeness (QED) is 0.211. The lowest BCUT2D eigenvalue weighted by Gasteiger charge is -2.36. The van der Waals surface area contributed by atoms with E-state index in [1.54, 1.807) is 0 Å². The van der Waals surface area contributed by atoms with Gasteiger partial charge in [0.2, 0.25) is 0 Å². The molecule has 0 bridgehead atoms. The SMILES string of the molecule is CCCCCC/C=C\CCCCCC(O)CCC(O)(CC(=O)[O-])C[N+](C)(C)C. The normalized spacial score (nSPS) is 15.6. The summed E-state index contributed by atoms with van der Waals surface area (Å²) in [6, 6.07) is 0. The molecule has 28 heavy (non-hydrogen) atoms.